The number of hydrazone groups is 2. The maximum Gasteiger partial charge on any atom is 0.332 e. The predicted octanol–water partition coefficient (Wildman–Crippen LogP) is -0.244. The van der Waals surface area contributed by atoms with E-state index in [1.54, 1.807) is 19.1 Å². The van der Waals surface area contributed by atoms with E-state index in [1.165, 1.54) is 18.3 Å². The molecule has 0 fully saturated rings. The Morgan fingerprint density at radius 3 is 2.20 bits per heavy atom. The van der Waals surface area contributed by atoms with E-state index in [0.29, 0.717) is 0 Å². The summed E-state index contributed by atoms with van der Waals surface area (Å²) in [5.41, 5.74) is 14.6. The highest BCUT2D eigenvalue weighted by Crippen LogP contribution is 2.13. The van der Waals surface area contributed by atoms with Crippen LogP contribution < -0.4 is 22.3 Å². The molecule has 0 aliphatic carbocycles. The van der Waals surface area contributed by atoms with E-state index in [-0.39, 0.29) is 11.7 Å². The maximum atomic E-state index is 12.3. The summed E-state index contributed by atoms with van der Waals surface area (Å²) in [6, 6.07) is 4.33. The molecule has 1 aromatic rings. The molecule has 0 bridgehead atoms. The number of primary amides is 2. The van der Waals surface area contributed by atoms with Gasteiger partial charge in [-0.3, -0.25) is 4.18 Å². The summed E-state index contributed by atoms with van der Waals surface area (Å²) in [5, 5.41) is 7.05. The Balaban J connectivity index is 2.65. The Labute approximate surface area is 173 Å². The van der Waals surface area contributed by atoms with Crippen LogP contribution in [0.5, 0.6) is 0 Å². The number of hydrogen-bond acceptors (Lipinski definition) is 9. The molecular weight excluding hydrogens is 420 g/mol. The van der Waals surface area contributed by atoms with Gasteiger partial charge in [0.25, 0.3) is 10.1 Å². The standard InChI is InChI=1S/C16H24N6O7S/c1-11-3-5-14(6-4-11)30(25,26)29-9-13(8-20-22-16(18)24)28-10-27-12(2)7-19-21-15(17)23/h3-8,12-13H,9-10H2,1-2H3,(H3,17,21,23)(H3,18,22,24)/b19-7-,20-8-/t12-,13+/m0/s1. The Kier molecular flexibility index (Phi) is 10.4. The summed E-state index contributed by atoms with van der Waals surface area (Å²) < 4.78 is 40.2. The highest BCUT2D eigenvalue weighted by Gasteiger charge is 2.18. The van der Waals surface area contributed by atoms with Gasteiger partial charge in [-0.05, 0) is 26.0 Å². The summed E-state index contributed by atoms with van der Waals surface area (Å²) in [7, 11) is -4.04. The fraction of sp³-hybridized carbons (Fsp3) is 0.375. The smallest absolute Gasteiger partial charge is 0.332 e. The molecule has 0 aliphatic rings. The van der Waals surface area contributed by atoms with Gasteiger partial charge >= 0.3 is 12.1 Å². The number of rotatable bonds is 12. The number of nitrogens with two attached hydrogens (primary N) is 2. The first-order valence-corrected chi connectivity index (χ1v) is 9.87. The number of nitrogens with zero attached hydrogens (tertiary/aromatic N) is 2. The van der Waals surface area contributed by atoms with Crippen LogP contribution in [0.25, 0.3) is 0 Å². The van der Waals surface area contributed by atoms with Gasteiger partial charge in [-0.1, -0.05) is 17.7 Å². The van der Waals surface area contributed by atoms with Crippen LogP contribution >= 0.6 is 0 Å². The molecular formula is C16H24N6O7S. The SMILES string of the molecule is Cc1ccc(S(=O)(=O)OC[C@@H](/C=N\NC(N)=O)OCO[C@@H](C)/C=N\NC(N)=O)cc1. The normalized spacial score (nSPS) is 13.9. The third-order valence-electron chi connectivity index (χ3n) is 3.18. The Bertz CT molecular complexity index is 857. The first kappa shape index (κ1) is 25.0. The molecule has 1 rings (SSSR count). The summed E-state index contributed by atoms with van der Waals surface area (Å²) in [4.78, 5) is 21.2. The second-order valence-electron chi connectivity index (χ2n) is 5.75. The third-order valence-corrected chi connectivity index (χ3v) is 4.48. The lowest BCUT2D eigenvalue weighted by Crippen LogP contribution is -2.29. The Morgan fingerprint density at radius 1 is 1.07 bits per heavy atom. The fourth-order valence-electron chi connectivity index (χ4n) is 1.73. The first-order valence-electron chi connectivity index (χ1n) is 8.46. The van der Waals surface area contributed by atoms with Crippen LogP contribution in [-0.4, -0.2) is 58.5 Å². The van der Waals surface area contributed by atoms with Gasteiger partial charge in [0.15, 0.2) is 0 Å². The van der Waals surface area contributed by atoms with Crippen LogP contribution in [-0.2, 0) is 23.8 Å². The summed E-state index contributed by atoms with van der Waals surface area (Å²) in [6.45, 7) is 2.66. The van der Waals surface area contributed by atoms with Crippen LogP contribution in [0.1, 0.15) is 12.5 Å². The van der Waals surface area contributed by atoms with Gasteiger partial charge in [-0.2, -0.15) is 18.6 Å². The zero-order valence-electron chi connectivity index (χ0n) is 16.3. The van der Waals surface area contributed by atoms with Crippen molar-refractivity contribution in [3.05, 3.63) is 29.8 Å². The largest absolute Gasteiger partial charge is 0.350 e. The second-order valence-corrected chi connectivity index (χ2v) is 7.37. The lowest BCUT2D eigenvalue weighted by atomic mass is 10.2. The summed E-state index contributed by atoms with van der Waals surface area (Å²) >= 11 is 0. The molecule has 2 atom stereocenters. The van der Waals surface area contributed by atoms with E-state index in [2.05, 4.69) is 10.2 Å². The fourth-order valence-corrected chi connectivity index (χ4v) is 2.65. The quantitative estimate of drug-likeness (QED) is 0.147. The molecule has 30 heavy (non-hydrogen) atoms. The van der Waals surface area contributed by atoms with Crippen molar-refractivity contribution in [2.24, 2.45) is 21.7 Å². The maximum absolute atomic E-state index is 12.3. The van der Waals surface area contributed by atoms with Crippen molar-refractivity contribution in [1.82, 2.24) is 10.9 Å². The van der Waals surface area contributed by atoms with Crippen LogP contribution in [0.2, 0.25) is 0 Å². The number of urea groups is 2. The molecule has 0 spiro atoms. The van der Waals surface area contributed by atoms with Crippen molar-refractivity contribution in [3.63, 3.8) is 0 Å². The molecule has 0 saturated heterocycles. The van der Waals surface area contributed by atoms with Gasteiger partial charge in [-0.15, -0.1) is 0 Å². The van der Waals surface area contributed by atoms with E-state index < -0.39 is 41.0 Å². The predicted molar refractivity (Wildman–Crippen MR) is 107 cm³/mol. The van der Waals surface area contributed by atoms with Crippen molar-refractivity contribution >= 4 is 34.6 Å². The van der Waals surface area contributed by atoms with E-state index in [0.717, 1.165) is 11.8 Å². The number of aryl methyl sites for hydroxylation is 1. The Hall–Kier alpha value is -3.07. The number of carbonyl (C=O) groups excluding carboxylic acids is 2. The number of nitrogens with one attached hydrogen (secondary N) is 2. The molecule has 1 aromatic carbocycles. The lowest BCUT2D eigenvalue weighted by Gasteiger charge is -2.15. The van der Waals surface area contributed by atoms with Crippen LogP contribution in [0, 0.1) is 6.92 Å². The third kappa shape index (κ3) is 10.5. The second kappa shape index (κ2) is 12.5. The van der Waals surface area contributed by atoms with Crippen LogP contribution in [0.3, 0.4) is 0 Å². The van der Waals surface area contributed by atoms with E-state index in [4.69, 9.17) is 25.1 Å². The van der Waals surface area contributed by atoms with Crippen molar-refractivity contribution < 1.29 is 31.7 Å². The van der Waals surface area contributed by atoms with E-state index in [9.17, 15) is 18.0 Å². The molecule has 0 radical (unpaired) electrons. The average Bonchev–Trinajstić information content (AvgIpc) is 2.65. The molecule has 13 nitrogen and oxygen atoms in total. The van der Waals surface area contributed by atoms with Crippen LogP contribution in [0.15, 0.2) is 39.4 Å². The number of hydrogen-bond donors (Lipinski definition) is 4. The molecule has 0 unspecified atom stereocenters. The van der Waals surface area contributed by atoms with E-state index in [1.807, 2.05) is 17.8 Å². The minimum Gasteiger partial charge on any atom is -0.350 e. The van der Waals surface area contributed by atoms with Gasteiger partial charge in [0.1, 0.15) is 12.9 Å². The zero-order chi connectivity index (χ0) is 22.6. The number of amides is 4. The molecule has 0 aliphatic heterocycles. The minimum atomic E-state index is -4.04. The highest BCUT2D eigenvalue weighted by molar-refractivity contribution is 7.86. The molecule has 6 N–H and O–H groups in total. The molecule has 0 saturated carbocycles. The van der Waals surface area contributed by atoms with Gasteiger partial charge in [0.2, 0.25) is 0 Å². The van der Waals surface area contributed by atoms with Gasteiger partial charge in [-0.25, -0.2) is 20.4 Å². The van der Waals surface area contributed by atoms with Crippen molar-refractivity contribution in [2.45, 2.75) is 31.0 Å². The zero-order valence-corrected chi connectivity index (χ0v) is 17.2. The topological polar surface area (TPSA) is 197 Å². The summed E-state index contributed by atoms with van der Waals surface area (Å²) in [5.74, 6) is 0. The van der Waals surface area contributed by atoms with Crippen LogP contribution in [0.4, 0.5) is 9.59 Å². The summed E-state index contributed by atoms with van der Waals surface area (Å²) in [6.07, 6.45) is 0.761. The number of benzene rings is 1. The lowest BCUT2D eigenvalue weighted by molar-refractivity contribution is -0.0855. The van der Waals surface area contributed by atoms with Gasteiger partial charge in [0.05, 0.1) is 30.0 Å². The molecule has 0 aromatic heterocycles. The van der Waals surface area contributed by atoms with Gasteiger partial charge in [0, 0.05) is 0 Å². The van der Waals surface area contributed by atoms with Gasteiger partial charge < -0.3 is 20.9 Å². The highest BCUT2D eigenvalue weighted by atomic mass is 32.2. The first-order chi connectivity index (χ1) is 14.1. The molecule has 166 valence electrons. The van der Waals surface area contributed by atoms with Crippen molar-refractivity contribution in [3.8, 4) is 0 Å². The van der Waals surface area contributed by atoms with Crippen molar-refractivity contribution in [2.75, 3.05) is 13.4 Å². The molecule has 0 heterocycles. The average molecular weight is 444 g/mol. The number of carbonyl (C=O) groups is 2. The number of ether oxygens (including phenoxy) is 2. The molecule has 4 amide bonds. The minimum absolute atomic E-state index is 0.0258. The van der Waals surface area contributed by atoms with Crippen molar-refractivity contribution in [1.29, 1.82) is 0 Å². The van der Waals surface area contributed by atoms with E-state index >= 15 is 0 Å². The monoisotopic (exact) mass is 444 g/mol. The Morgan fingerprint density at radius 2 is 1.63 bits per heavy atom. The molecule has 14 heteroatoms.